The van der Waals surface area contributed by atoms with E-state index in [2.05, 4.69) is 10.3 Å². The van der Waals surface area contributed by atoms with E-state index in [0.717, 1.165) is 36.3 Å². The Labute approximate surface area is 202 Å². The van der Waals surface area contributed by atoms with Crippen molar-refractivity contribution in [3.8, 4) is 17.2 Å². The van der Waals surface area contributed by atoms with Crippen LogP contribution in [0.2, 0.25) is 0 Å². The third-order valence-corrected chi connectivity index (χ3v) is 6.38. The summed E-state index contributed by atoms with van der Waals surface area (Å²) in [5.74, 6) is 2.10. The smallest absolute Gasteiger partial charge is 0.253 e. The van der Waals surface area contributed by atoms with Crippen LogP contribution in [0.4, 0.5) is 5.69 Å². The molecule has 2 aliphatic rings. The van der Waals surface area contributed by atoms with Gasteiger partial charge in [-0.15, -0.1) is 0 Å². The summed E-state index contributed by atoms with van der Waals surface area (Å²) < 4.78 is 22.4. The first-order valence-electron chi connectivity index (χ1n) is 11.4. The number of methoxy groups -OCH3 is 1. The largest absolute Gasteiger partial charge is 0.497 e. The zero-order valence-corrected chi connectivity index (χ0v) is 19.8. The van der Waals surface area contributed by atoms with Crippen LogP contribution in [0.15, 0.2) is 47.3 Å². The van der Waals surface area contributed by atoms with Crippen LogP contribution >= 0.6 is 12.2 Å². The predicted molar refractivity (Wildman–Crippen MR) is 134 cm³/mol. The molecule has 2 N–H and O–H groups in total. The number of thiocarbonyl (C=S) groups is 1. The third kappa shape index (κ3) is 4.95. The molecule has 2 aromatic carbocycles. The summed E-state index contributed by atoms with van der Waals surface area (Å²) in [5.41, 5.74) is 2.01. The van der Waals surface area contributed by atoms with Gasteiger partial charge in [-0.3, -0.25) is 4.79 Å². The summed E-state index contributed by atoms with van der Waals surface area (Å²) in [6.07, 6.45) is 2.08. The number of aromatic nitrogens is 1. The van der Waals surface area contributed by atoms with Gasteiger partial charge in [0.05, 0.1) is 25.3 Å². The van der Waals surface area contributed by atoms with Crippen LogP contribution in [0, 0.1) is 0 Å². The van der Waals surface area contributed by atoms with Crippen LogP contribution in [-0.2, 0) is 11.3 Å². The number of benzene rings is 2. The molecule has 0 amide bonds. The van der Waals surface area contributed by atoms with Crippen molar-refractivity contribution in [3.63, 3.8) is 0 Å². The molecule has 3 heterocycles. The van der Waals surface area contributed by atoms with Gasteiger partial charge in [0.2, 0.25) is 0 Å². The Hall–Kier alpha value is -3.30. The van der Waals surface area contributed by atoms with E-state index in [9.17, 15) is 4.79 Å². The normalized spacial score (nSPS) is 16.9. The van der Waals surface area contributed by atoms with Gasteiger partial charge in [-0.2, -0.15) is 0 Å². The van der Waals surface area contributed by atoms with Crippen LogP contribution in [0.5, 0.6) is 17.2 Å². The van der Waals surface area contributed by atoms with E-state index in [-0.39, 0.29) is 11.7 Å². The molecule has 1 saturated heterocycles. The van der Waals surface area contributed by atoms with E-state index in [4.69, 9.17) is 31.2 Å². The number of nitrogens with zero attached hydrogens (tertiary/aromatic N) is 1. The molecular weight excluding hydrogens is 454 g/mol. The minimum absolute atomic E-state index is 0.0766. The third-order valence-electron chi connectivity index (χ3n) is 6.02. The lowest BCUT2D eigenvalue weighted by Crippen LogP contribution is -2.40. The maximum absolute atomic E-state index is 13.0. The van der Waals surface area contributed by atoms with Crippen LogP contribution in [0.3, 0.4) is 0 Å². The highest BCUT2D eigenvalue weighted by atomic mass is 32.1. The number of aromatic amines is 1. The SMILES string of the molecule is COc1ccc(NC(=S)N(Cc2cc3cc4c(cc3[nH]c2=O)OCCO4)C[C@H]2CCCO2)cc1. The highest BCUT2D eigenvalue weighted by molar-refractivity contribution is 7.80. The van der Waals surface area contributed by atoms with Crippen LogP contribution in [0.25, 0.3) is 10.9 Å². The quantitative estimate of drug-likeness (QED) is 0.516. The van der Waals surface area contributed by atoms with Crippen molar-refractivity contribution in [2.24, 2.45) is 0 Å². The van der Waals surface area contributed by atoms with Gasteiger partial charge in [0.15, 0.2) is 16.6 Å². The first-order valence-corrected chi connectivity index (χ1v) is 11.8. The Balaban J connectivity index is 1.40. The Kier molecular flexibility index (Phi) is 6.55. The maximum Gasteiger partial charge on any atom is 0.253 e. The minimum atomic E-state index is -0.159. The number of anilines is 1. The number of nitrogens with one attached hydrogen (secondary N) is 2. The van der Waals surface area contributed by atoms with Gasteiger partial charge in [-0.1, -0.05) is 0 Å². The zero-order valence-electron chi connectivity index (χ0n) is 19.0. The summed E-state index contributed by atoms with van der Waals surface area (Å²) >= 11 is 5.75. The van der Waals surface area contributed by atoms with Gasteiger partial charge in [0.25, 0.3) is 5.56 Å². The molecule has 178 valence electrons. The molecule has 2 aliphatic heterocycles. The van der Waals surface area contributed by atoms with E-state index in [1.807, 2.05) is 47.4 Å². The number of fused-ring (bicyclic) bond motifs is 2. The van der Waals surface area contributed by atoms with Crippen molar-refractivity contribution in [3.05, 3.63) is 58.4 Å². The van der Waals surface area contributed by atoms with Crippen molar-refractivity contribution in [1.82, 2.24) is 9.88 Å². The molecule has 0 unspecified atom stereocenters. The van der Waals surface area contributed by atoms with E-state index >= 15 is 0 Å². The number of rotatable bonds is 6. The zero-order chi connectivity index (χ0) is 23.5. The predicted octanol–water partition coefficient (Wildman–Crippen LogP) is 3.69. The number of pyridine rings is 1. The molecule has 34 heavy (non-hydrogen) atoms. The lowest BCUT2D eigenvalue weighted by Gasteiger charge is -2.28. The van der Waals surface area contributed by atoms with Gasteiger partial charge in [0, 0.05) is 35.9 Å². The first kappa shape index (κ1) is 22.5. The van der Waals surface area contributed by atoms with E-state index < -0.39 is 0 Å². The van der Waals surface area contributed by atoms with Crippen molar-refractivity contribution < 1.29 is 18.9 Å². The minimum Gasteiger partial charge on any atom is -0.497 e. The average Bonchev–Trinajstić information content (AvgIpc) is 3.36. The van der Waals surface area contributed by atoms with Gasteiger partial charge in [-0.25, -0.2) is 0 Å². The highest BCUT2D eigenvalue weighted by Crippen LogP contribution is 2.33. The van der Waals surface area contributed by atoms with Crippen molar-refractivity contribution in [2.75, 3.05) is 38.8 Å². The van der Waals surface area contributed by atoms with Crippen LogP contribution in [0.1, 0.15) is 18.4 Å². The molecule has 1 fully saturated rings. The molecule has 1 atom stereocenters. The highest BCUT2D eigenvalue weighted by Gasteiger charge is 2.23. The molecule has 0 radical (unpaired) electrons. The summed E-state index contributed by atoms with van der Waals surface area (Å²) in [7, 11) is 1.63. The number of hydrogen-bond donors (Lipinski definition) is 2. The number of ether oxygens (including phenoxy) is 4. The second kappa shape index (κ2) is 9.90. The molecule has 1 aromatic heterocycles. The molecule has 0 spiro atoms. The molecule has 9 heteroatoms. The second-order valence-electron chi connectivity index (χ2n) is 8.38. The Morgan fingerprint density at radius 1 is 1.15 bits per heavy atom. The Morgan fingerprint density at radius 2 is 1.91 bits per heavy atom. The van der Waals surface area contributed by atoms with Crippen LogP contribution in [-0.4, -0.2) is 54.6 Å². The second-order valence-corrected chi connectivity index (χ2v) is 8.77. The lowest BCUT2D eigenvalue weighted by atomic mass is 10.1. The van der Waals surface area contributed by atoms with Gasteiger partial charge in [0.1, 0.15) is 19.0 Å². The lowest BCUT2D eigenvalue weighted by molar-refractivity contribution is 0.0904. The van der Waals surface area contributed by atoms with E-state index in [0.29, 0.717) is 54.0 Å². The summed E-state index contributed by atoms with van der Waals surface area (Å²) in [6.45, 7) is 2.70. The fourth-order valence-corrected chi connectivity index (χ4v) is 4.50. The van der Waals surface area contributed by atoms with Crippen molar-refractivity contribution in [1.29, 1.82) is 0 Å². The van der Waals surface area contributed by atoms with Gasteiger partial charge >= 0.3 is 0 Å². The number of H-pyrrole nitrogens is 1. The van der Waals surface area contributed by atoms with Crippen LogP contribution < -0.4 is 25.1 Å². The topological polar surface area (TPSA) is 85.1 Å². The Morgan fingerprint density at radius 3 is 2.62 bits per heavy atom. The average molecular weight is 482 g/mol. The van der Waals surface area contributed by atoms with Crippen molar-refractivity contribution >= 4 is 33.9 Å². The van der Waals surface area contributed by atoms with Gasteiger partial charge < -0.3 is 34.1 Å². The summed E-state index contributed by atoms with van der Waals surface area (Å²) in [6, 6.07) is 13.2. The molecule has 0 saturated carbocycles. The molecular formula is C25H27N3O5S. The Bertz CT molecular complexity index is 1240. The summed E-state index contributed by atoms with van der Waals surface area (Å²) in [5, 5.41) is 4.69. The fraction of sp³-hybridized carbons (Fsp3) is 0.360. The summed E-state index contributed by atoms with van der Waals surface area (Å²) in [4.78, 5) is 17.9. The molecule has 0 bridgehead atoms. The fourth-order valence-electron chi connectivity index (χ4n) is 4.24. The monoisotopic (exact) mass is 481 g/mol. The number of hydrogen-bond acceptors (Lipinski definition) is 6. The molecule has 5 rings (SSSR count). The maximum atomic E-state index is 13.0. The van der Waals surface area contributed by atoms with Gasteiger partial charge in [-0.05, 0) is 61.5 Å². The van der Waals surface area contributed by atoms with Crippen molar-refractivity contribution in [2.45, 2.75) is 25.5 Å². The first-order chi connectivity index (χ1) is 16.6. The molecule has 3 aromatic rings. The van der Waals surface area contributed by atoms with E-state index in [1.165, 1.54) is 0 Å². The molecule has 0 aliphatic carbocycles. The standard InChI is InChI=1S/C25H27N3O5S/c1-30-19-6-4-18(5-7-19)26-25(34)28(15-20-3-2-8-31-20)14-17-11-16-12-22-23(33-10-9-32-22)13-21(16)27-24(17)29/h4-7,11-13,20H,2-3,8-10,14-15H2,1H3,(H,26,34)(H,27,29)/t20-/m1/s1. The molecule has 8 nitrogen and oxygen atoms in total. The van der Waals surface area contributed by atoms with E-state index in [1.54, 1.807) is 7.11 Å².